The van der Waals surface area contributed by atoms with Crippen molar-refractivity contribution in [1.29, 1.82) is 0 Å². The van der Waals surface area contributed by atoms with Crippen molar-refractivity contribution in [3.05, 3.63) is 46.3 Å². The summed E-state index contributed by atoms with van der Waals surface area (Å²) in [6, 6.07) is 12.8. The van der Waals surface area contributed by atoms with E-state index in [4.69, 9.17) is 11.6 Å². The van der Waals surface area contributed by atoms with E-state index >= 15 is 0 Å². The van der Waals surface area contributed by atoms with Crippen LogP contribution in [-0.4, -0.2) is 7.05 Å². The van der Waals surface area contributed by atoms with E-state index in [1.165, 1.54) is 9.75 Å². The van der Waals surface area contributed by atoms with Gasteiger partial charge in [0.2, 0.25) is 0 Å². The van der Waals surface area contributed by atoms with Gasteiger partial charge in [0.05, 0.1) is 0 Å². The van der Waals surface area contributed by atoms with Crippen molar-refractivity contribution in [2.24, 2.45) is 5.92 Å². The maximum Gasteiger partial charge on any atom is 0.0492 e. The molecule has 0 saturated carbocycles. The number of rotatable bonds is 4. The van der Waals surface area contributed by atoms with Gasteiger partial charge in [-0.25, -0.2) is 0 Å². The highest BCUT2D eigenvalue weighted by atomic mass is 35.5. The Hall–Kier alpha value is -0.830. The number of nitrogens with one attached hydrogen (secondary N) is 1. The van der Waals surface area contributed by atoms with Crippen LogP contribution in [0.1, 0.15) is 24.8 Å². The third kappa shape index (κ3) is 2.77. The molecule has 0 aliphatic heterocycles. The molecule has 1 nitrogen and oxygen atoms in total. The summed E-state index contributed by atoms with van der Waals surface area (Å²) in [7, 11) is 2.01. The van der Waals surface area contributed by atoms with Gasteiger partial charge < -0.3 is 5.32 Å². The molecule has 0 bridgehead atoms. The van der Waals surface area contributed by atoms with Crippen molar-refractivity contribution in [1.82, 2.24) is 5.32 Å². The molecule has 96 valence electrons. The van der Waals surface area contributed by atoms with Crippen molar-refractivity contribution in [3.63, 3.8) is 0 Å². The van der Waals surface area contributed by atoms with Gasteiger partial charge in [-0.2, -0.15) is 0 Å². The predicted octanol–water partition coefficient (Wildman–Crippen LogP) is 4.99. The highest BCUT2D eigenvalue weighted by Gasteiger charge is 2.16. The van der Waals surface area contributed by atoms with E-state index in [9.17, 15) is 0 Å². The first-order chi connectivity index (χ1) is 8.63. The number of thiophene rings is 1. The molecule has 0 saturated heterocycles. The van der Waals surface area contributed by atoms with Crippen LogP contribution in [0, 0.1) is 5.92 Å². The topological polar surface area (TPSA) is 12.0 Å². The van der Waals surface area contributed by atoms with Gasteiger partial charge in [-0.05, 0) is 31.2 Å². The summed E-state index contributed by atoms with van der Waals surface area (Å²) in [5.74, 6) is 0.577. The van der Waals surface area contributed by atoms with Crippen LogP contribution < -0.4 is 5.32 Å². The Bertz CT molecular complexity index is 519. The smallest absolute Gasteiger partial charge is 0.0492 e. The molecule has 0 aliphatic carbocycles. The lowest BCUT2D eigenvalue weighted by molar-refractivity contribution is 0.449. The number of hydrogen-bond acceptors (Lipinski definition) is 2. The molecule has 0 spiro atoms. The highest BCUT2D eigenvalue weighted by molar-refractivity contribution is 7.15. The highest BCUT2D eigenvalue weighted by Crippen LogP contribution is 2.36. The molecule has 18 heavy (non-hydrogen) atoms. The molecule has 0 aliphatic rings. The van der Waals surface area contributed by atoms with Gasteiger partial charge in [0.1, 0.15) is 0 Å². The maximum atomic E-state index is 6.24. The molecule has 0 radical (unpaired) electrons. The minimum atomic E-state index is 0.409. The lowest BCUT2D eigenvalue weighted by Gasteiger charge is -2.18. The Morgan fingerprint density at radius 2 is 1.83 bits per heavy atom. The SMILES string of the molecule is CNC(c1ccc(-c2ccccc2Cl)s1)C(C)C. The Kier molecular flexibility index (Phi) is 4.44. The predicted molar refractivity (Wildman–Crippen MR) is 81.4 cm³/mol. The zero-order valence-corrected chi connectivity index (χ0v) is 12.5. The Morgan fingerprint density at radius 1 is 1.11 bits per heavy atom. The van der Waals surface area contributed by atoms with E-state index in [1.54, 1.807) is 0 Å². The molecule has 1 N–H and O–H groups in total. The third-order valence-electron chi connectivity index (χ3n) is 3.05. The summed E-state index contributed by atoms with van der Waals surface area (Å²) in [5.41, 5.74) is 1.12. The van der Waals surface area contributed by atoms with Crippen LogP contribution >= 0.6 is 22.9 Å². The summed E-state index contributed by atoms with van der Waals surface area (Å²) < 4.78 is 0. The fraction of sp³-hybridized carbons (Fsp3) is 0.333. The van der Waals surface area contributed by atoms with Crippen LogP contribution in [0.2, 0.25) is 5.02 Å². The van der Waals surface area contributed by atoms with Crippen molar-refractivity contribution < 1.29 is 0 Å². The Labute approximate surface area is 118 Å². The van der Waals surface area contributed by atoms with Crippen LogP contribution in [0.4, 0.5) is 0 Å². The lowest BCUT2D eigenvalue weighted by atomic mass is 10.0. The molecule has 1 heterocycles. The van der Waals surface area contributed by atoms with E-state index in [2.05, 4.69) is 37.4 Å². The molecule has 2 rings (SSSR count). The van der Waals surface area contributed by atoms with Gasteiger partial charge in [-0.3, -0.25) is 0 Å². The second-order valence-electron chi connectivity index (χ2n) is 4.69. The zero-order chi connectivity index (χ0) is 13.1. The molecule has 0 amide bonds. The van der Waals surface area contributed by atoms with Crippen molar-refractivity contribution in [2.75, 3.05) is 7.05 Å². The van der Waals surface area contributed by atoms with Gasteiger partial charge >= 0.3 is 0 Å². The number of halogens is 1. The summed E-state index contributed by atoms with van der Waals surface area (Å²) in [6.07, 6.45) is 0. The molecule has 1 unspecified atom stereocenters. The normalized spacial score (nSPS) is 12.9. The van der Waals surface area contributed by atoms with Crippen LogP contribution in [0.3, 0.4) is 0 Å². The molecule has 2 aromatic rings. The van der Waals surface area contributed by atoms with Crippen LogP contribution in [0.5, 0.6) is 0 Å². The van der Waals surface area contributed by atoms with E-state index in [0.29, 0.717) is 12.0 Å². The molecular weight excluding hydrogens is 262 g/mol. The second kappa shape index (κ2) is 5.87. The van der Waals surface area contributed by atoms with E-state index in [-0.39, 0.29) is 0 Å². The van der Waals surface area contributed by atoms with E-state index < -0.39 is 0 Å². The van der Waals surface area contributed by atoms with Crippen molar-refractivity contribution in [3.8, 4) is 10.4 Å². The molecule has 1 aromatic heterocycles. The molecule has 3 heteroatoms. The van der Waals surface area contributed by atoms with Gasteiger partial charge in [-0.1, -0.05) is 43.6 Å². The summed E-state index contributed by atoms with van der Waals surface area (Å²) >= 11 is 8.05. The summed E-state index contributed by atoms with van der Waals surface area (Å²) in [6.45, 7) is 4.46. The standard InChI is InChI=1S/C15H18ClNS/c1-10(2)15(17-3)14-9-8-13(18-14)11-6-4-5-7-12(11)16/h4-10,15,17H,1-3H3. The zero-order valence-electron chi connectivity index (χ0n) is 10.9. The first-order valence-corrected chi connectivity index (χ1v) is 7.35. The molecule has 0 fully saturated rings. The fourth-order valence-electron chi connectivity index (χ4n) is 2.13. The van der Waals surface area contributed by atoms with Gasteiger partial charge in [0.15, 0.2) is 0 Å². The first kappa shape index (κ1) is 13.6. The van der Waals surface area contributed by atoms with Crippen molar-refractivity contribution in [2.45, 2.75) is 19.9 Å². The van der Waals surface area contributed by atoms with Gasteiger partial charge in [-0.15, -0.1) is 11.3 Å². The van der Waals surface area contributed by atoms with E-state index in [0.717, 1.165) is 10.6 Å². The van der Waals surface area contributed by atoms with Crippen LogP contribution in [0.15, 0.2) is 36.4 Å². The number of benzene rings is 1. The monoisotopic (exact) mass is 279 g/mol. The molecule has 1 aromatic carbocycles. The quantitative estimate of drug-likeness (QED) is 0.832. The van der Waals surface area contributed by atoms with Gasteiger partial charge in [0, 0.05) is 26.4 Å². The minimum absolute atomic E-state index is 0.409. The van der Waals surface area contributed by atoms with E-state index in [1.807, 2.05) is 36.6 Å². The minimum Gasteiger partial charge on any atom is -0.312 e. The largest absolute Gasteiger partial charge is 0.312 e. The van der Waals surface area contributed by atoms with Crippen molar-refractivity contribution >= 4 is 22.9 Å². The number of hydrogen-bond donors (Lipinski definition) is 1. The van der Waals surface area contributed by atoms with Gasteiger partial charge in [0.25, 0.3) is 0 Å². The average molecular weight is 280 g/mol. The Morgan fingerprint density at radius 3 is 2.44 bits per heavy atom. The van der Waals surface area contributed by atoms with Crippen LogP contribution in [0.25, 0.3) is 10.4 Å². The third-order valence-corrected chi connectivity index (χ3v) is 4.58. The second-order valence-corrected chi connectivity index (χ2v) is 6.21. The maximum absolute atomic E-state index is 6.24. The average Bonchev–Trinajstić information content (AvgIpc) is 2.79. The first-order valence-electron chi connectivity index (χ1n) is 6.15. The fourth-order valence-corrected chi connectivity index (χ4v) is 3.75. The Balaban J connectivity index is 2.34. The molecule has 1 atom stereocenters. The molecular formula is C15H18ClNS. The summed E-state index contributed by atoms with van der Waals surface area (Å²) in [5, 5.41) is 4.19. The lowest BCUT2D eigenvalue weighted by Crippen LogP contribution is -2.20. The van der Waals surface area contributed by atoms with Crippen LogP contribution in [-0.2, 0) is 0 Å². The summed E-state index contributed by atoms with van der Waals surface area (Å²) in [4.78, 5) is 2.60.